The van der Waals surface area contributed by atoms with Crippen LogP contribution in [0.5, 0.6) is 11.5 Å². The topological polar surface area (TPSA) is 127 Å². The van der Waals surface area contributed by atoms with Gasteiger partial charge in [0.1, 0.15) is 0 Å². The van der Waals surface area contributed by atoms with Gasteiger partial charge in [-0.3, -0.25) is 14.9 Å². The second-order valence-corrected chi connectivity index (χ2v) is 8.19. The number of rotatable bonds is 5. The molecule has 2 fully saturated rings. The summed E-state index contributed by atoms with van der Waals surface area (Å²) < 4.78 is 12.6. The van der Waals surface area contributed by atoms with E-state index in [0.717, 1.165) is 36.1 Å². The molecule has 0 bridgehead atoms. The Bertz CT molecular complexity index is 1030. The van der Waals surface area contributed by atoms with Crippen LogP contribution in [-0.4, -0.2) is 42.5 Å². The zero-order chi connectivity index (χ0) is 22.1. The quantitative estimate of drug-likeness (QED) is 0.663. The molecule has 9 heteroatoms. The lowest BCUT2D eigenvalue weighted by atomic mass is 9.68. The standard InChI is InChI=1S/C22H28N6O3/c1-28-21(15-8-20(31-3)19(30-2)7-13(15)9-23)17(11-25-28)12-4-5-14-16(6-12)18(10-24)26-27-22(14)29/h7-8,11-12,14,16,18,26H,4-6,10,24H2,1-3H3,(H,27,29). The molecule has 1 amide bonds. The Morgan fingerprint density at radius 1 is 1.29 bits per heavy atom. The van der Waals surface area contributed by atoms with E-state index in [0.29, 0.717) is 23.6 Å². The summed E-state index contributed by atoms with van der Waals surface area (Å²) in [6.45, 7) is 0.461. The van der Waals surface area contributed by atoms with E-state index in [9.17, 15) is 10.1 Å². The number of nitriles is 1. The van der Waals surface area contributed by atoms with Gasteiger partial charge in [0.15, 0.2) is 11.5 Å². The van der Waals surface area contributed by atoms with Crippen LogP contribution in [0.25, 0.3) is 11.3 Å². The molecule has 2 aliphatic rings. The van der Waals surface area contributed by atoms with Crippen molar-refractivity contribution in [1.29, 1.82) is 5.26 Å². The van der Waals surface area contributed by atoms with E-state index < -0.39 is 0 Å². The Morgan fingerprint density at radius 3 is 2.71 bits per heavy atom. The number of amides is 1. The first kappa shape index (κ1) is 21.2. The number of nitrogens with one attached hydrogen (secondary N) is 2. The fourth-order valence-electron chi connectivity index (χ4n) is 5.11. The fourth-order valence-corrected chi connectivity index (χ4v) is 5.11. The van der Waals surface area contributed by atoms with Crippen LogP contribution in [0, 0.1) is 23.2 Å². The van der Waals surface area contributed by atoms with E-state index in [2.05, 4.69) is 22.0 Å². The minimum atomic E-state index is -0.0260. The van der Waals surface area contributed by atoms with E-state index in [4.69, 9.17) is 15.2 Å². The highest BCUT2D eigenvalue weighted by Gasteiger charge is 2.43. The zero-order valence-electron chi connectivity index (χ0n) is 18.0. The third kappa shape index (κ3) is 3.62. The summed E-state index contributed by atoms with van der Waals surface area (Å²) in [6.07, 6.45) is 4.39. The predicted octanol–water partition coefficient (Wildman–Crippen LogP) is 1.44. The van der Waals surface area contributed by atoms with Crippen LogP contribution in [0.2, 0.25) is 0 Å². The number of hydrogen-bond donors (Lipinski definition) is 3. The molecule has 1 aromatic carbocycles. The minimum Gasteiger partial charge on any atom is -0.493 e. The molecule has 0 spiro atoms. The Hall–Kier alpha value is -3.09. The van der Waals surface area contributed by atoms with Crippen molar-refractivity contribution >= 4 is 5.91 Å². The summed E-state index contributed by atoms with van der Waals surface area (Å²) in [5.74, 6) is 1.46. The fraction of sp³-hybridized carbons (Fsp3) is 0.500. The van der Waals surface area contributed by atoms with Crippen LogP contribution >= 0.6 is 0 Å². The number of carbonyl (C=O) groups is 1. The number of fused-ring (bicyclic) bond motifs is 1. The number of methoxy groups -OCH3 is 2. The van der Waals surface area contributed by atoms with Crippen LogP contribution in [0.4, 0.5) is 0 Å². The Balaban J connectivity index is 1.74. The molecule has 4 atom stereocenters. The molecule has 1 aliphatic heterocycles. The number of carbonyl (C=O) groups excluding carboxylic acids is 1. The second-order valence-electron chi connectivity index (χ2n) is 8.19. The Kier molecular flexibility index (Phi) is 5.85. The van der Waals surface area contributed by atoms with Gasteiger partial charge in [-0.1, -0.05) is 0 Å². The number of nitrogens with zero attached hydrogens (tertiary/aromatic N) is 3. The highest BCUT2D eigenvalue weighted by atomic mass is 16.5. The van der Waals surface area contributed by atoms with E-state index >= 15 is 0 Å². The zero-order valence-corrected chi connectivity index (χ0v) is 18.0. The molecule has 1 aliphatic carbocycles. The maximum Gasteiger partial charge on any atom is 0.237 e. The average molecular weight is 425 g/mol. The molecule has 2 heterocycles. The van der Waals surface area contributed by atoms with Crippen molar-refractivity contribution in [3.63, 3.8) is 0 Å². The van der Waals surface area contributed by atoms with Crippen LogP contribution in [-0.2, 0) is 11.8 Å². The molecular formula is C22H28N6O3. The molecule has 2 aromatic rings. The number of aryl methyl sites for hydroxylation is 1. The number of benzene rings is 1. The van der Waals surface area contributed by atoms with Crippen molar-refractivity contribution in [3.05, 3.63) is 29.5 Å². The Labute approximate surface area is 181 Å². The first-order chi connectivity index (χ1) is 15.0. The van der Waals surface area contributed by atoms with E-state index in [1.54, 1.807) is 25.0 Å². The van der Waals surface area contributed by atoms with Gasteiger partial charge in [-0.15, -0.1) is 0 Å². The normalized spacial score (nSPS) is 25.3. The first-order valence-corrected chi connectivity index (χ1v) is 10.5. The minimum absolute atomic E-state index is 0.0260. The first-order valence-electron chi connectivity index (χ1n) is 10.5. The van der Waals surface area contributed by atoms with E-state index in [1.165, 1.54) is 0 Å². The van der Waals surface area contributed by atoms with Gasteiger partial charge >= 0.3 is 0 Å². The lowest BCUT2D eigenvalue weighted by molar-refractivity contribution is -0.133. The van der Waals surface area contributed by atoms with Gasteiger partial charge in [0.2, 0.25) is 5.91 Å². The molecular weight excluding hydrogens is 396 g/mol. The number of aromatic nitrogens is 2. The van der Waals surface area contributed by atoms with Gasteiger partial charge in [-0.05, 0) is 37.2 Å². The summed E-state index contributed by atoms with van der Waals surface area (Å²) >= 11 is 0. The van der Waals surface area contributed by atoms with Crippen molar-refractivity contribution in [2.75, 3.05) is 20.8 Å². The maximum atomic E-state index is 12.3. The van der Waals surface area contributed by atoms with Gasteiger partial charge in [-0.25, -0.2) is 5.43 Å². The molecule has 0 radical (unpaired) electrons. The van der Waals surface area contributed by atoms with Crippen LogP contribution in [0.15, 0.2) is 18.3 Å². The van der Waals surface area contributed by atoms with Gasteiger partial charge < -0.3 is 15.2 Å². The molecule has 31 heavy (non-hydrogen) atoms. The number of nitrogens with two attached hydrogens (primary N) is 1. The molecule has 4 unspecified atom stereocenters. The van der Waals surface area contributed by atoms with Crippen LogP contribution in [0.1, 0.15) is 36.3 Å². The SMILES string of the molecule is COc1cc(C#N)c(-c2c(C3CCC4C(=O)NNC(CN)C4C3)cnn2C)cc1OC. The van der Waals surface area contributed by atoms with Crippen molar-refractivity contribution in [2.45, 2.75) is 31.2 Å². The van der Waals surface area contributed by atoms with Crippen LogP contribution in [0.3, 0.4) is 0 Å². The van der Waals surface area contributed by atoms with E-state index in [-0.39, 0.29) is 29.7 Å². The smallest absolute Gasteiger partial charge is 0.237 e. The van der Waals surface area contributed by atoms with Gasteiger partial charge in [-0.2, -0.15) is 10.4 Å². The van der Waals surface area contributed by atoms with Crippen molar-refractivity contribution in [1.82, 2.24) is 20.6 Å². The van der Waals surface area contributed by atoms with Gasteiger partial charge in [0, 0.05) is 42.7 Å². The van der Waals surface area contributed by atoms with E-state index in [1.807, 2.05) is 19.3 Å². The molecule has 1 aromatic heterocycles. The Morgan fingerprint density at radius 2 is 2.03 bits per heavy atom. The molecule has 4 N–H and O–H groups in total. The number of hydrazine groups is 1. The molecule has 164 valence electrons. The number of ether oxygens (including phenoxy) is 2. The summed E-state index contributed by atoms with van der Waals surface area (Å²) in [5, 5.41) is 14.3. The summed E-state index contributed by atoms with van der Waals surface area (Å²) in [4.78, 5) is 12.3. The summed E-state index contributed by atoms with van der Waals surface area (Å²) in [7, 11) is 5.00. The molecule has 1 saturated heterocycles. The molecule has 4 rings (SSSR count). The molecule has 9 nitrogen and oxygen atoms in total. The van der Waals surface area contributed by atoms with Crippen LogP contribution < -0.4 is 26.1 Å². The third-order valence-electron chi connectivity index (χ3n) is 6.69. The van der Waals surface area contributed by atoms with Gasteiger partial charge in [0.25, 0.3) is 0 Å². The lowest BCUT2D eigenvalue weighted by Crippen LogP contribution is -2.62. The largest absolute Gasteiger partial charge is 0.493 e. The highest BCUT2D eigenvalue weighted by Crippen LogP contribution is 2.46. The predicted molar refractivity (Wildman–Crippen MR) is 114 cm³/mol. The average Bonchev–Trinajstić information content (AvgIpc) is 3.19. The summed E-state index contributed by atoms with van der Waals surface area (Å²) in [5.41, 5.74) is 15.0. The number of hydrogen-bond acceptors (Lipinski definition) is 7. The third-order valence-corrected chi connectivity index (χ3v) is 6.69. The second kappa shape index (κ2) is 8.57. The van der Waals surface area contributed by atoms with Crippen molar-refractivity contribution < 1.29 is 14.3 Å². The van der Waals surface area contributed by atoms with Crippen molar-refractivity contribution in [2.24, 2.45) is 24.6 Å². The lowest BCUT2D eigenvalue weighted by Gasteiger charge is -2.43. The van der Waals surface area contributed by atoms with Gasteiger partial charge in [0.05, 0.1) is 37.7 Å². The van der Waals surface area contributed by atoms with Crippen molar-refractivity contribution in [3.8, 4) is 28.8 Å². The highest BCUT2D eigenvalue weighted by molar-refractivity contribution is 5.80. The molecule has 1 saturated carbocycles. The maximum absolute atomic E-state index is 12.3. The summed E-state index contributed by atoms with van der Waals surface area (Å²) in [6, 6.07) is 5.85. The monoisotopic (exact) mass is 424 g/mol.